The number of aromatic nitrogens is 5. The zero-order chi connectivity index (χ0) is 16.1. The molecule has 0 saturated heterocycles. The fourth-order valence-electron chi connectivity index (χ4n) is 1.83. The quantitative estimate of drug-likeness (QED) is 0.480. The summed E-state index contributed by atoms with van der Waals surface area (Å²) in [6.45, 7) is 0. The molecule has 0 fully saturated rings. The predicted octanol–water partition coefficient (Wildman–Crippen LogP) is 1.29. The zero-order valence-electron chi connectivity index (χ0n) is 11.8. The summed E-state index contributed by atoms with van der Waals surface area (Å²) in [4.78, 5) is 34.3. The van der Waals surface area contributed by atoms with Gasteiger partial charge in [-0.1, -0.05) is 42.1 Å². The van der Waals surface area contributed by atoms with Crippen LogP contribution in [0.25, 0.3) is 11.3 Å². The van der Waals surface area contributed by atoms with E-state index in [2.05, 4.69) is 30.5 Å². The monoisotopic (exact) mass is 328 g/mol. The number of nitrogens with one attached hydrogen (secondary N) is 3. The van der Waals surface area contributed by atoms with Crippen molar-refractivity contribution in [2.75, 3.05) is 11.1 Å². The lowest BCUT2D eigenvalue weighted by Crippen LogP contribution is -2.16. The smallest absolute Gasteiger partial charge is 0.252 e. The number of hydrogen-bond acceptors (Lipinski definition) is 6. The van der Waals surface area contributed by atoms with E-state index < -0.39 is 0 Å². The van der Waals surface area contributed by atoms with E-state index in [4.69, 9.17) is 0 Å². The second kappa shape index (κ2) is 6.88. The van der Waals surface area contributed by atoms with Crippen LogP contribution < -0.4 is 10.9 Å². The Balaban J connectivity index is 1.70. The molecule has 8 nitrogen and oxygen atoms in total. The SMILES string of the molecule is O=C(CSc1nc(-c2ccccc2)cc(=O)[nH]1)Nc1ncn[nH]1. The normalized spacial score (nSPS) is 10.4. The third-order valence-corrected chi connectivity index (χ3v) is 3.68. The molecule has 0 saturated carbocycles. The Morgan fingerprint density at radius 2 is 2.09 bits per heavy atom. The Morgan fingerprint density at radius 1 is 1.26 bits per heavy atom. The van der Waals surface area contributed by atoms with Gasteiger partial charge in [-0.15, -0.1) is 0 Å². The molecule has 23 heavy (non-hydrogen) atoms. The number of amides is 1. The van der Waals surface area contributed by atoms with Crippen molar-refractivity contribution in [2.24, 2.45) is 0 Å². The molecular formula is C14H12N6O2S. The summed E-state index contributed by atoms with van der Waals surface area (Å²) in [7, 11) is 0. The number of aromatic amines is 2. The second-order valence-electron chi connectivity index (χ2n) is 4.47. The molecule has 0 atom stereocenters. The first-order valence-corrected chi connectivity index (χ1v) is 7.64. The third-order valence-electron chi connectivity index (χ3n) is 2.80. The molecule has 0 aliphatic rings. The molecule has 3 rings (SSSR count). The van der Waals surface area contributed by atoms with E-state index in [0.717, 1.165) is 17.3 Å². The fraction of sp³-hybridized carbons (Fsp3) is 0.0714. The standard InChI is InChI=1S/C14H12N6O2S/c21-11-6-10(9-4-2-1-3-5-9)17-14(19-11)23-7-12(22)18-13-15-8-16-20-13/h1-6,8H,7H2,(H,17,19,21)(H2,15,16,18,20,22). The summed E-state index contributed by atoms with van der Waals surface area (Å²) in [5, 5.41) is 9.09. The van der Waals surface area contributed by atoms with Crippen LogP contribution in [0, 0.1) is 0 Å². The molecule has 0 radical (unpaired) electrons. The van der Waals surface area contributed by atoms with Gasteiger partial charge >= 0.3 is 0 Å². The molecular weight excluding hydrogens is 316 g/mol. The molecule has 3 aromatic rings. The topological polar surface area (TPSA) is 116 Å². The van der Waals surface area contributed by atoms with Gasteiger partial charge in [0.05, 0.1) is 11.4 Å². The summed E-state index contributed by atoms with van der Waals surface area (Å²) >= 11 is 1.13. The van der Waals surface area contributed by atoms with Crippen LogP contribution in [0.3, 0.4) is 0 Å². The van der Waals surface area contributed by atoms with Gasteiger partial charge in [0.1, 0.15) is 6.33 Å². The van der Waals surface area contributed by atoms with Crippen LogP contribution in [0.15, 0.2) is 52.7 Å². The van der Waals surface area contributed by atoms with Crippen molar-refractivity contribution in [3.63, 3.8) is 0 Å². The lowest BCUT2D eigenvalue weighted by atomic mass is 10.1. The molecule has 0 unspecified atom stereocenters. The van der Waals surface area contributed by atoms with Gasteiger partial charge in [0.2, 0.25) is 11.9 Å². The van der Waals surface area contributed by atoms with Crippen molar-refractivity contribution >= 4 is 23.6 Å². The van der Waals surface area contributed by atoms with E-state index in [1.807, 2.05) is 30.3 Å². The molecule has 116 valence electrons. The van der Waals surface area contributed by atoms with Crippen molar-refractivity contribution in [3.05, 3.63) is 53.1 Å². The lowest BCUT2D eigenvalue weighted by molar-refractivity contribution is -0.113. The van der Waals surface area contributed by atoms with E-state index in [0.29, 0.717) is 10.9 Å². The van der Waals surface area contributed by atoms with Gasteiger partial charge in [0.25, 0.3) is 5.56 Å². The Hall–Kier alpha value is -2.94. The summed E-state index contributed by atoms with van der Waals surface area (Å²) in [6, 6.07) is 10.8. The summed E-state index contributed by atoms with van der Waals surface area (Å²) in [5.74, 6) is 0.0802. The minimum absolute atomic E-state index is 0.0852. The lowest BCUT2D eigenvalue weighted by Gasteiger charge is -2.04. The van der Waals surface area contributed by atoms with Gasteiger partial charge < -0.3 is 4.98 Å². The highest BCUT2D eigenvalue weighted by atomic mass is 32.2. The van der Waals surface area contributed by atoms with Crippen LogP contribution in [0.2, 0.25) is 0 Å². The second-order valence-corrected chi connectivity index (χ2v) is 5.44. The Labute approximate surface area is 134 Å². The Bertz CT molecular complexity index is 847. The molecule has 0 aliphatic carbocycles. The number of nitrogens with zero attached hydrogens (tertiary/aromatic N) is 3. The Kier molecular flexibility index (Phi) is 4.48. The van der Waals surface area contributed by atoms with Gasteiger partial charge in [0.15, 0.2) is 5.16 Å². The summed E-state index contributed by atoms with van der Waals surface area (Å²) < 4.78 is 0. The first-order valence-electron chi connectivity index (χ1n) is 6.65. The fourth-order valence-corrected chi connectivity index (χ4v) is 2.50. The molecule has 1 aromatic carbocycles. The van der Waals surface area contributed by atoms with Gasteiger partial charge in [-0.3, -0.25) is 14.9 Å². The van der Waals surface area contributed by atoms with Gasteiger partial charge in [-0.2, -0.15) is 10.1 Å². The number of carbonyl (C=O) groups excluding carboxylic acids is 1. The molecule has 1 amide bonds. The maximum absolute atomic E-state index is 11.8. The van der Waals surface area contributed by atoms with Crippen molar-refractivity contribution in [2.45, 2.75) is 5.16 Å². The largest absolute Gasteiger partial charge is 0.301 e. The molecule has 9 heteroatoms. The van der Waals surface area contributed by atoms with Gasteiger partial charge in [0, 0.05) is 11.6 Å². The first-order chi connectivity index (χ1) is 11.2. The van der Waals surface area contributed by atoms with E-state index in [1.54, 1.807) is 0 Å². The molecule has 0 spiro atoms. The van der Waals surface area contributed by atoms with Crippen LogP contribution in [-0.2, 0) is 4.79 Å². The molecule has 2 aromatic heterocycles. The number of H-pyrrole nitrogens is 2. The van der Waals surface area contributed by atoms with E-state index >= 15 is 0 Å². The number of rotatable bonds is 5. The molecule has 0 aliphatic heterocycles. The average molecular weight is 328 g/mol. The maximum Gasteiger partial charge on any atom is 0.252 e. The van der Waals surface area contributed by atoms with Crippen LogP contribution in [0.1, 0.15) is 0 Å². The van der Waals surface area contributed by atoms with Crippen LogP contribution in [0.4, 0.5) is 5.95 Å². The minimum atomic E-state index is -0.278. The highest BCUT2D eigenvalue weighted by Crippen LogP contribution is 2.18. The van der Waals surface area contributed by atoms with Crippen LogP contribution >= 0.6 is 11.8 Å². The van der Waals surface area contributed by atoms with Gasteiger partial charge in [-0.05, 0) is 0 Å². The Morgan fingerprint density at radius 3 is 2.83 bits per heavy atom. The van der Waals surface area contributed by atoms with Crippen molar-refractivity contribution in [3.8, 4) is 11.3 Å². The summed E-state index contributed by atoms with van der Waals surface area (Å²) in [5.41, 5.74) is 1.14. The summed E-state index contributed by atoms with van der Waals surface area (Å²) in [6.07, 6.45) is 1.30. The van der Waals surface area contributed by atoms with Crippen molar-refractivity contribution in [1.82, 2.24) is 25.1 Å². The van der Waals surface area contributed by atoms with E-state index in [9.17, 15) is 9.59 Å². The maximum atomic E-state index is 11.8. The third kappa shape index (κ3) is 4.04. The number of benzene rings is 1. The number of thioether (sulfide) groups is 1. The molecule has 0 bridgehead atoms. The predicted molar refractivity (Wildman–Crippen MR) is 86.0 cm³/mol. The van der Waals surface area contributed by atoms with E-state index in [-0.39, 0.29) is 23.2 Å². The first kappa shape index (κ1) is 15.0. The number of hydrogen-bond donors (Lipinski definition) is 3. The van der Waals surface area contributed by atoms with Crippen LogP contribution in [-0.4, -0.2) is 36.8 Å². The average Bonchev–Trinajstić information content (AvgIpc) is 3.06. The van der Waals surface area contributed by atoms with Crippen molar-refractivity contribution in [1.29, 1.82) is 0 Å². The van der Waals surface area contributed by atoms with Crippen LogP contribution in [0.5, 0.6) is 0 Å². The molecule has 2 heterocycles. The highest BCUT2D eigenvalue weighted by Gasteiger charge is 2.08. The number of carbonyl (C=O) groups is 1. The highest BCUT2D eigenvalue weighted by molar-refractivity contribution is 7.99. The van der Waals surface area contributed by atoms with E-state index in [1.165, 1.54) is 12.4 Å². The minimum Gasteiger partial charge on any atom is -0.301 e. The number of anilines is 1. The zero-order valence-corrected chi connectivity index (χ0v) is 12.6. The van der Waals surface area contributed by atoms with Crippen molar-refractivity contribution < 1.29 is 4.79 Å². The molecule has 3 N–H and O–H groups in total. The van der Waals surface area contributed by atoms with Gasteiger partial charge in [-0.25, -0.2) is 10.1 Å².